The van der Waals surface area contributed by atoms with Gasteiger partial charge >= 0.3 is 0 Å². The average Bonchev–Trinajstić information content (AvgIpc) is 2.51. The first-order valence-corrected chi connectivity index (χ1v) is 7.38. The zero-order valence-corrected chi connectivity index (χ0v) is 13.3. The fraction of sp³-hybridized carbons (Fsp3) is 0.235. The lowest BCUT2D eigenvalue weighted by Crippen LogP contribution is -2.20. The van der Waals surface area contributed by atoms with Crippen LogP contribution >= 0.6 is 11.6 Å². The van der Waals surface area contributed by atoms with Crippen molar-refractivity contribution in [3.63, 3.8) is 0 Å². The largest absolute Gasteiger partial charge is 0.494 e. The van der Waals surface area contributed by atoms with Crippen LogP contribution in [0.3, 0.4) is 0 Å². The number of hydrogen-bond acceptors (Lipinski definition) is 3. The van der Waals surface area contributed by atoms with Crippen LogP contribution in [0, 0.1) is 6.92 Å². The molecule has 1 amide bonds. The summed E-state index contributed by atoms with van der Waals surface area (Å²) in [6.45, 7) is 4.26. The summed E-state index contributed by atoms with van der Waals surface area (Å²) in [5.41, 5.74) is 1.51. The third-order valence-corrected chi connectivity index (χ3v) is 3.44. The second kappa shape index (κ2) is 7.71. The van der Waals surface area contributed by atoms with E-state index in [0.717, 1.165) is 5.56 Å². The predicted molar refractivity (Wildman–Crippen MR) is 87.9 cm³/mol. The molecule has 0 radical (unpaired) electrons. The van der Waals surface area contributed by atoms with Crippen LogP contribution in [0.15, 0.2) is 42.5 Å². The molecule has 0 spiro atoms. The van der Waals surface area contributed by atoms with Crippen LogP contribution in [-0.4, -0.2) is 19.1 Å². The van der Waals surface area contributed by atoms with Gasteiger partial charge in [0.25, 0.3) is 5.91 Å². The van der Waals surface area contributed by atoms with Crippen LogP contribution < -0.4 is 14.8 Å². The van der Waals surface area contributed by atoms with Crippen molar-refractivity contribution in [2.24, 2.45) is 0 Å². The first-order chi connectivity index (χ1) is 10.6. The van der Waals surface area contributed by atoms with Gasteiger partial charge in [0.2, 0.25) is 0 Å². The molecule has 0 aromatic heterocycles. The van der Waals surface area contributed by atoms with Gasteiger partial charge in [-0.3, -0.25) is 4.79 Å². The second-order valence-corrected chi connectivity index (χ2v) is 5.06. The zero-order valence-electron chi connectivity index (χ0n) is 12.6. The van der Waals surface area contributed by atoms with Crippen LogP contribution in [0.25, 0.3) is 0 Å². The molecule has 0 fully saturated rings. The summed E-state index contributed by atoms with van der Waals surface area (Å²) in [4.78, 5) is 11.9. The minimum atomic E-state index is -0.243. The summed E-state index contributed by atoms with van der Waals surface area (Å²) in [5, 5.41) is 3.40. The van der Waals surface area contributed by atoms with Gasteiger partial charge in [-0.2, -0.15) is 0 Å². The van der Waals surface area contributed by atoms with E-state index in [9.17, 15) is 4.79 Å². The molecule has 116 valence electrons. The lowest BCUT2D eigenvalue weighted by molar-refractivity contribution is -0.118. The highest BCUT2D eigenvalue weighted by Crippen LogP contribution is 2.23. The van der Waals surface area contributed by atoms with Gasteiger partial charge in [0.1, 0.15) is 11.5 Å². The molecule has 2 aromatic carbocycles. The molecule has 4 nitrogen and oxygen atoms in total. The van der Waals surface area contributed by atoms with E-state index in [-0.39, 0.29) is 12.5 Å². The van der Waals surface area contributed by atoms with Gasteiger partial charge in [0.05, 0.1) is 6.61 Å². The number of benzene rings is 2. The Hall–Kier alpha value is -2.20. The third-order valence-electron chi connectivity index (χ3n) is 3.03. The maximum absolute atomic E-state index is 11.9. The van der Waals surface area contributed by atoms with Gasteiger partial charge in [-0.1, -0.05) is 23.7 Å². The Morgan fingerprint density at radius 1 is 1.14 bits per heavy atom. The van der Waals surface area contributed by atoms with E-state index in [1.807, 2.05) is 26.0 Å². The molecule has 22 heavy (non-hydrogen) atoms. The highest BCUT2D eigenvalue weighted by molar-refractivity contribution is 6.31. The van der Waals surface area contributed by atoms with Crippen molar-refractivity contribution in [1.82, 2.24) is 0 Å². The Bertz CT molecular complexity index is 658. The molecule has 0 atom stereocenters. The molecule has 1 N–H and O–H groups in total. The molecule has 0 aliphatic rings. The van der Waals surface area contributed by atoms with E-state index in [2.05, 4.69) is 5.32 Å². The summed E-state index contributed by atoms with van der Waals surface area (Å²) in [5.74, 6) is 1.06. The van der Waals surface area contributed by atoms with E-state index >= 15 is 0 Å². The summed E-state index contributed by atoms with van der Waals surface area (Å²) in [6, 6.07) is 12.6. The molecule has 0 aliphatic heterocycles. The summed E-state index contributed by atoms with van der Waals surface area (Å²) < 4.78 is 10.9. The molecule has 0 heterocycles. The van der Waals surface area contributed by atoms with Crippen molar-refractivity contribution in [3.8, 4) is 11.5 Å². The quantitative estimate of drug-likeness (QED) is 0.873. The molecule has 0 saturated carbocycles. The number of anilines is 1. The number of carbonyl (C=O) groups excluding carboxylic acids is 1. The average molecular weight is 320 g/mol. The highest BCUT2D eigenvalue weighted by Gasteiger charge is 2.08. The third kappa shape index (κ3) is 4.40. The molecule has 0 aliphatic carbocycles. The van der Waals surface area contributed by atoms with Gasteiger partial charge in [0, 0.05) is 16.8 Å². The van der Waals surface area contributed by atoms with Crippen molar-refractivity contribution < 1.29 is 14.3 Å². The number of carbonyl (C=O) groups is 1. The fourth-order valence-electron chi connectivity index (χ4n) is 1.90. The van der Waals surface area contributed by atoms with Crippen LogP contribution in [0.2, 0.25) is 5.02 Å². The molecule has 5 heteroatoms. The van der Waals surface area contributed by atoms with Gasteiger partial charge in [-0.05, 0) is 43.7 Å². The van der Waals surface area contributed by atoms with E-state index in [0.29, 0.717) is 28.8 Å². The number of hydrogen-bond donors (Lipinski definition) is 1. The number of ether oxygens (including phenoxy) is 2. The summed E-state index contributed by atoms with van der Waals surface area (Å²) in [6.07, 6.45) is 0. The van der Waals surface area contributed by atoms with Crippen molar-refractivity contribution in [2.75, 3.05) is 18.5 Å². The van der Waals surface area contributed by atoms with Crippen molar-refractivity contribution in [3.05, 3.63) is 53.1 Å². The standard InChI is InChI=1S/C17H18ClNO3/c1-3-21-13-6-4-7-14(10-13)22-11-17(20)19-16-9-5-8-15(18)12(16)2/h4-10H,3,11H2,1-2H3,(H,19,20). The SMILES string of the molecule is CCOc1cccc(OCC(=O)Nc2cccc(Cl)c2C)c1. The second-order valence-electron chi connectivity index (χ2n) is 4.66. The number of nitrogens with one attached hydrogen (secondary N) is 1. The predicted octanol–water partition coefficient (Wildman–Crippen LogP) is 4.06. The van der Waals surface area contributed by atoms with Crippen LogP contribution in [0.4, 0.5) is 5.69 Å². The highest BCUT2D eigenvalue weighted by atomic mass is 35.5. The molecular formula is C17H18ClNO3. The Balaban J connectivity index is 1.93. The van der Waals surface area contributed by atoms with Crippen molar-refractivity contribution >= 4 is 23.2 Å². The normalized spacial score (nSPS) is 10.1. The Morgan fingerprint density at radius 3 is 2.55 bits per heavy atom. The van der Waals surface area contributed by atoms with E-state index in [1.54, 1.807) is 30.3 Å². The molecule has 0 unspecified atom stereocenters. The molecule has 0 bridgehead atoms. The van der Waals surface area contributed by atoms with Crippen LogP contribution in [0.1, 0.15) is 12.5 Å². The summed E-state index contributed by atoms with van der Waals surface area (Å²) in [7, 11) is 0. The van der Waals surface area contributed by atoms with Gasteiger partial charge < -0.3 is 14.8 Å². The molecular weight excluding hydrogens is 302 g/mol. The maximum atomic E-state index is 11.9. The monoisotopic (exact) mass is 319 g/mol. The van der Waals surface area contributed by atoms with Crippen molar-refractivity contribution in [2.45, 2.75) is 13.8 Å². The van der Waals surface area contributed by atoms with Gasteiger partial charge in [-0.25, -0.2) is 0 Å². The number of rotatable bonds is 6. The lowest BCUT2D eigenvalue weighted by atomic mass is 10.2. The molecule has 2 aromatic rings. The Morgan fingerprint density at radius 2 is 1.82 bits per heavy atom. The van der Waals surface area contributed by atoms with Gasteiger partial charge in [0.15, 0.2) is 6.61 Å². The van der Waals surface area contributed by atoms with E-state index in [4.69, 9.17) is 21.1 Å². The van der Waals surface area contributed by atoms with E-state index < -0.39 is 0 Å². The van der Waals surface area contributed by atoms with Crippen LogP contribution in [-0.2, 0) is 4.79 Å². The lowest BCUT2D eigenvalue weighted by Gasteiger charge is -2.11. The molecule has 0 saturated heterocycles. The minimum absolute atomic E-state index is 0.0818. The Kier molecular flexibility index (Phi) is 5.67. The zero-order chi connectivity index (χ0) is 15.9. The fourth-order valence-corrected chi connectivity index (χ4v) is 2.07. The maximum Gasteiger partial charge on any atom is 0.262 e. The minimum Gasteiger partial charge on any atom is -0.494 e. The first kappa shape index (κ1) is 16.2. The number of amides is 1. The van der Waals surface area contributed by atoms with Crippen molar-refractivity contribution in [1.29, 1.82) is 0 Å². The Labute approximate surface area is 135 Å². The summed E-state index contributed by atoms with van der Waals surface area (Å²) >= 11 is 6.02. The topological polar surface area (TPSA) is 47.6 Å². The van der Waals surface area contributed by atoms with Crippen LogP contribution in [0.5, 0.6) is 11.5 Å². The van der Waals surface area contributed by atoms with E-state index in [1.165, 1.54) is 0 Å². The smallest absolute Gasteiger partial charge is 0.262 e. The molecule has 2 rings (SSSR count). The number of halogens is 1. The first-order valence-electron chi connectivity index (χ1n) is 7.00. The van der Waals surface area contributed by atoms with Gasteiger partial charge in [-0.15, -0.1) is 0 Å².